The number of ether oxygens (including phenoxy) is 2. The van der Waals surface area contributed by atoms with E-state index in [-0.39, 0.29) is 24.0 Å². The maximum atomic E-state index is 12.8. The Bertz CT molecular complexity index is 1440. The highest BCUT2D eigenvalue weighted by Gasteiger charge is 2.30. The number of hydrogen-bond donors (Lipinski definition) is 2. The summed E-state index contributed by atoms with van der Waals surface area (Å²) >= 11 is 1.15. The first-order valence-electron chi connectivity index (χ1n) is 12.6. The Morgan fingerprint density at radius 2 is 1.79 bits per heavy atom. The summed E-state index contributed by atoms with van der Waals surface area (Å²) < 4.78 is 11.5. The van der Waals surface area contributed by atoms with Crippen molar-refractivity contribution in [2.24, 2.45) is 0 Å². The number of amides is 2. The zero-order valence-corrected chi connectivity index (χ0v) is 23.3. The van der Waals surface area contributed by atoms with E-state index in [4.69, 9.17) is 9.47 Å². The van der Waals surface area contributed by atoms with Gasteiger partial charge in [0.1, 0.15) is 6.61 Å². The van der Waals surface area contributed by atoms with Crippen molar-refractivity contribution in [3.63, 3.8) is 0 Å². The highest BCUT2D eigenvalue weighted by Crippen LogP contribution is 2.39. The number of allylic oxidation sites excluding steroid dienone is 1. The van der Waals surface area contributed by atoms with Crippen LogP contribution in [0.2, 0.25) is 0 Å². The number of anilines is 1. The molecule has 1 aliphatic heterocycles. The minimum absolute atomic E-state index is 0.0514. The van der Waals surface area contributed by atoms with Crippen LogP contribution < -0.4 is 20.1 Å². The van der Waals surface area contributed by atoms with Crippen molar-refractivity contribution in [3.8, 4) is 17.6 Å². The van der Waals surface area contributed by atoms with Crippen molar-refractivity contribution in [2.45, 2.75) is 39.7 Å². The van der Waals surface area contributed by atoms with Gasteiger partial charge in [0, 0.05) is 18.0 Å². The lowest BCUT2D eigenvalue weighted by Crippen LogP contribution is -2.31. The largest absolute Gasteiger partial charge is 0.493 e. The van der Waals surface area contributed by atoms with Crippen molar-refractivity contribution < 1.29 is 19.1 Å². The lowest BCUT2D eigenvalue weighted by atomic mass is 9.87. The molecule has 3 aromatic rings. The number of nitrogens with zero attached hydrogens (tertiary/aromatic N) is 1. The molecule has 0 spiro atoms. The third kappa shape index (κ3) is 6.81. The number of aryl methyl sites for hydroxylation is 3. The van der Waals surface area contributed by atoms with Crippen LogP contribution >= 0.6 is 11.8 Å². The van der Waals surface area contributed by atoms with Gasteiger partial charge in [0.2, 0.25) is 11.8 Å². The van der Waals surface area contributed by atoms with E-state index in [0.717, 1.165) is 45.3 Å². The number of hydrogen-bond acceptors (Lipinski definition) is 6. The van der Waals surface area contributed by atoms with Crippen LogP contribution in [0.15, 0.2) is 71.3 Å². The molecule has 0 bridgehead atoms. The molecular weight excluding hydrogens is 510 g/mol. The number of benzene rings is 3. The molecule has 0 aromatic heterocycles. The first-order valence-corrected chi connectivity index (χ1v) is 13.6. The van der Waals surface area contributed by atoms with Gasteiger partial charge in [0.15, 0.2) is 11.5 Å². The van der Waals surface area contributed by atoms with Gasteiger partial charge in [-0.2, -0.15) is 5.26 Å². The van der Waals surface area contributed by atoms with Crippen LogP contribution in [0.5, 0.6) is 11.5 Å². The molecule has 7 nitrogen and oxygen atoms in total. The molecular formula is C31H31N3O4S. The maximum absolute atomic E-state index is 12.8. The standard InChI is InChI=1S/C31H31N3O4S/c1-19-12-20(2)30(21(3)13-19)33-29(36)18-39-31-25(16-32)24(15-28(35)34-31)23-10-11-26(27(14-23)37-4)38-17-22-8-6-5-7-9-22/h5-14,24H,15,17-18H2,1-4H3,(H,33,36)(H,34,35)/t24-/m1/s1. The fraction of sp³-hybridized carbons (Fsp3) is 0.258. The fourth-order valence-corrected chi connectivity index (χ4v) is 5.54. The number of nitrogens with one attached hydrogen (secondary N) is 2. The Labute approximate surface area is 233 Å². The van der Waals surface area contributed by atoms with E-state index in [0.29, 0.717) is 28.7 Å². The maximum Gasteiger partial charge on any atom is 0.234 e. The van der Waals surface area contributed by atoms with Crippen LogP contribution in [0.25, 0.3) is 0 Å². The predicted molar refractivity (Wildman–Crippen MR) is 154 cm³/mol. The summed E-state index contributed by atoms with van der Waals surface area (Å²) in [5, 5.41) is 16.2. The van der Waals surface area contributed by atoms with Crippen LogP contribution in [0.4, 0.5) is 5.69 Å². The van der Waals surface area contributed by atoms with Crippen LogP contribution in [0, 0.1) is 32.1 Å². The molecule has 39 heavy (non-hydrogen) atoms. The van der Waals surface area contributed by atoms with Crippen molar-refractivity contribution in [3.05, 3.63) is 99.1 Å². The van der Waals surface area contributed by atoms with Crippen molar-refractivity contribution in [1.82, 2.24) is 5.32 Å². The van der Waals surface area contributed by atoms with E-state index in [2.05, 4.69) is 16.7 Å². The van der Waals surface area contributed by atoms with Gasteiger partial charge in [0.05, 0.1) is 29.5 Å². The van der Waals surface area contributed by atoms with E-state index in [9.17, 15) is 14.9 Å². The summed E-state index contributed by atoms with van der Waals surface area (Å²) in [4.78, 5) is 25.4. The zero-order valence-electron chi connectivity index (χ0n) is 22.5. The van der Waals surface area contributed by atoms with Gasteiger partial charge >= 0.3 is 0 Å². The lowest BCUT2D eigenvalue weighted by Gasteiger charge is -2.25. The van der Waals surface area contributed by atoms with E-state index in [1.807, 2.05) is 69.3 Å². The highest BCUT2D eigenvalue weighted by atomic mass is 32.2. The first kappa shape index (κ1) is 27.8. The minimum Gasteiger partial charge on any atom is -0.493 e. The van der Waals surface area contributed by atoms with Crippen molar-refractivity contribution >= 4 is 29.3 Å². The summed E-state index contributed by atoms with van der Waals surface area (Å²) in [6.45, 7) is 6.31. The third-order valence-electron chi connectivity index (χ3n) is 6.47. The molecule has 0 saturated heterocycles. The topological polar surface area (TPSA) is 100 Å². The van der Waals surface area contributed by atoms with E-state index in [1.165, 1.54) is 0 Å². The second-order valence-electron chi connectivity index (χ2n) is 9.45. The molecule has 1 heterocycles. The van der Waals surface area contributed by atoms with Crippen LogP contribution in [-0.4, -0.2) is 24.7 Å². The number of methoxy groups -OCH3 is 1. The van der Waals surface area contributed by atoms with Gasteiger partial charge in [-0.25, -0.2) is 0 Å². The second-order valence-corrected chi connectivity index (χ2v) is 10.4. The molecule has 0 radical (unpaired) electrons. The molecule has 1 atom stereocenters. The molecule has 4 rings (SSSR count). The first-order chi connectivity index (χ1) is 18.8. The predicted octanol–water partition coefficient (Wildman–Crippen LogP) is 5.91. The van der Waals surface area contributed by atoms with Gasteiger partial charge < -0.3 is 20.1 Å². The summed E-state index contributed by atoms with van der Waals surface area (Å²) in [5.74, 6) is 0.252. The highest BCUT2D eigenvalue weighted by molar-refractivity contribution is 8.03. The number of rotatable bonds is 9. The van der Waals surface area contributed by atoms with E-state index in [1.54, 1.807) is 19.2 Å². The zero-order chi connectivity index (χ0) is 27.9. The number of carbonyl (C=O) groups is 2. The normalized spacial score (nSPS) is 14.8. The second kappa shape index (κ2) is 12.5. The van der Waals surface area contributed by atoms with Crippen LogP contribution in [-0.2, 0) is 16.2 Å². The van der Waals surface area contributed by atoms with Crippen LogP contribution in [0.3, 0.4) is 0 Å². The van der Waals surface area contributed by atoms with E-state index < -0.39 is 5.92 Å². The number of thioether (sulfide) groups is 1. The Balaban J connectivity index is 1.50. The van der Waals surface area contributed by atoms with Gasteiger partial charge in [0.25, 0.3) is 0 Å². The van der Waals surface area contributed by atoms with Gasteiger partial charge in [-0.3, -0.25) is 9.59 Å². The Kier molecular flexibility index (Phi) is 8.95. The smallest absolute Gasteiger partial charge is 0.234 e. The van der Waals surface area contributed by atoms with Gasteiger partial charge in [-0.05, 0) is 55.2 Å². The molecule has 8 heteroatoms. The summed E-state index contributed by atoms with van der Waals surface area (Å²) in [7, 11) is 1.56. The molecule has 0 unspecified atom stereocenters. The summed E-state index contributed by atoms with van der Waals surface area (Å²) in [6.07, 6.45) is 0.119. The Hall–Kier alpha value is -4.22. The fourth-order valence-electron chi connectivity index (χ4n) is 4.66. The average molecular weight is 542 g/mol. The third-order valence-corrected chi connectivity index (χ3v) is 7.49. The summed E-state index contributed by atoms with van der Waals surface area (Å²) in [5.41, 5.74) is 6.09. The van der Waals surface area contributed by atoms with Crippen molar-refractivity contribution in [1.29, 1.82) is 5.26 Å². The number of carbonyl (C=O) groups excluding carboxylic acids is 2. The molecule has 2 N–H and O–H groups in total. The SMILES string of the molecule is COc1cc([C@H]2CC(=O)NC(SCC(=O)Nc3c(C)cc(C)cc3C)=C2C#N)ccc1OCc1ccccc1. The summed E-state index contributed by atoms with van der Waals surface area (Å²) in [6, 6.07) is 21.6. The Morgan fingerprint density at radius 3 is 2.46 bits per heavy atom. The van der Waals surface area contributed by atoms with Crippen molar-refractivity contribution in [2.75, 3.05) is 18.2 Å². The average Bonchev–Trinajstić information content (AvgIpc) is 2.92. The van der Waals surface area contributed by atoms with E-state index >= 15 is 0 Å². The molecule has 1 aliphatic rings. The lowest BCUT2D eigenvalue weighted by molar-refractivity contribution is -0.121. The quantitative estimate of drug-likeness (QED) is 0.349. The molecule has 3 aromatic carbocycles. The molecule has 0 fully saturated rings. The molecule has 200 valence electrons. The number of nitriles is 1. The van der Waals surface area contributed by atoms with Gasteiger partial charge in [-0.15, -0.1) is 0 Å². The Morgan fingerprint density at radius 1 is 1.08 bits per heavy atom. The molecule has 0 saturated carbocycles. The van der Waals surface area contributed by atoms with Gasteiger partial charge in [-0.1, -0.05) is 65.9 Å². The van der Waals surface area contributed by atoms with Crippen LogP contribution in [0.1, 0.15) is 40.2 Å². The minimum atomic E-state index is -0.465. The molecule has 0 aliphatic carbocycles. The molecule has 2 amide bonds. The monoisotopic (exact) mass is 541 g/mol.